The van der Waals surface area contributed by atoms with Gasteiger partial charge in [-0.1, -0.05) is 13.3 Å². The molecule has 3 nitrogen and oxygen atoms in total. The van der Waals surface area contributed by atoms with Crippen LogP contribution >= 0.6 is 0 Å². The molecule has 92 valence electrons. The zero-order valence-electron chi connectivity index (χ0n) is 10.5. The minimum Gasteiger partial charge on any atom is -0.353 e. The lowest BCUT2D eigenvalue weighted by Gasteiger charge is -2.34. The highest BCUT2D eigenvalue weighted by Gasteiger charge is 2.36. The standard InChI is InChI=1S/C13H24N2O/c1-10-5-3-6-11(10)15-12(16)13(2)7-4-8-14-9-13/h10-11,14H,3-9H2,1-2H3,(H,15,16). The van der Waals surface area contributed by atoms with Crippen LogP contribution in [0.2, 0.25) is 0 Å². The van der Waals surface area contributed by atoms with Gasteiger partial charge in [0, 0.05) is 12.6 Å². The van der Waals surface area contributed by atoms with Crippen LogP contribution in [-0.4, -0.2) is 25.0 Å². The molecule has 1 saturated heterocycles. The van der Waals surface area contributed by atoms with Crippen molar-refractivity contribution in [3.63, 3.8) is 0 Å². The van der Waals surface area contributed by atoms with Crippen molar-refractivity contribution in [2.75, 3.05) is 13.1 Å². The number of amides is 1. The number of carbonyl (C=O) groups excluding carboxylic acids is 1. The van der Waals surface area contributed by atoms with E-state index in [-0.39, 0.29) is 11.3 Å². The van der Waals surface area contributed by atoms with Crippen LogP contribution in [0, 0.1) is 11.3 Å². The maximum atomic E-state index is 12.3. The molecule has 1 heterocycles. The van der Waals surface area contributed by atoms with E-state index >= 15 is 0 Å². The summed E-state index contributed by atoms with van der Waals surface area (Å²) in [7, 11) is 0. The van der Waals surface area contributed by atoms with E-state index in [2.05, 4.69) is 24.5 Å². The summed E-state index contributed by atoms with van der Waals surface area (Å²) in [6.45, 7) is 6.23. The first-order valence-corrected chi connectivity index (χ1v) is 6.63. The fraction of sp³-hybridized carbons (Fsp3) is 0.923. The van der Waals surface area contributed by atoms with Crippen molar-refractivity contribution >= 4 is 5.91 Å². The van der Waals surface area contributed by atoms with E-state index in [1.54, 1.807) is 0 Å². The second-order valence-electron chi connectivity index (χ2n) is 5.83. The number of rotatable bonds is 2. The first kappa shape index (κ1) is 11.9. The molecule has 0 aromatic heterocycles. The molecule has 1 amide bonds. The molecule has 2 fully saturated rings. The van der Waals surface area contributed by atoms with E-state index in [9.17, 15) is 4.79 Å². The van der Waals surface area contributed by atoms with Crippen LogP contribution in [0.5, 0.6) is 0 Å². The van der Waals surface area contributed by atoms with E-state index in [4.69, 9.17) is 0 Å². The van der Waals surface area contributed by atoms with Crippen molar-refractivity contribution in [3.05, 3.63) is 0 Å². The van der Waals surface area contributed by atoms with E-state index in [0.717, 1.165) is 32.4 Å². The molecule has 3 heteroatoms. The Morgan fingerprint density at radius 3 is 2.75 bits per heavy atom. The Hall–Kier alpha value is -0.570. The summed E-state index contributed by atoms with van der Waals surface area (Å²) in [4.78, 5) is 12.3. The van der Waals surface area contributed by atoms with Crippen LogP contribution in [0.3, 0.4) is 0 Å². The van der Waals surface area contributed by atoms with Crippen molar-refractivity contribution in [2.24, 2.45) is 11.3 Å². The molecule has 3 unspecified atom stereocenters. The monoisotopic (exact) mass is 224 g/mol. The van der Waals surface area contributed by atoms with Crippen molar-refractivity contribution in [3.8, 4) is 0 Å². The van der Waals surface area contributed by atoms with E-state index < -0.39 is 0 Å². The normalized spacial score (nSPS) is 39.6. The molecule has 0 radical (unpaired) electrons. The minimum absolute atomic E-state index is 0.180. The maximum Gasteiger partial charge on any atom is 0.227 e. The van der Waals surface area contributed by atoms with Crippen LogP contribution in [0.15, 0.2) is 0 Å². The minimum atomic E-state index is -0.180. The highest BCUT2D eigenvalue weighted by atomic mass is 16.2. The lowest BCUT2D eigenvalue weighted by atomic mass is 9.81. The van der Waals surface area contributed by atoms with Crippen molar-refractivity contribution in [2.45, 2.75) is 52.0 Å². The van der Waals surface area contributed by atoms with Crippen LogP contribution in [-0.2, 0) is 4.79 Å². The third-order valence-electron chi connectivity index (χ3n) is 4.32. The zero-order valence-corrected chi connectivity index (χ0v) is 10.5. The van der Waals surface area contributed by atoms with Crippen LogP contribution in [0.25, 0.3) is 0 Å². The highest BCUT2D eigenvalue weighted by Crippen LogP contribution is 2.29. The lowest BCUT2D eigenvalue weighted by molar-refractivity contribution is -0.132. The summed E-state index contributed by atoms with van der Waals surface area (Å²) < 4.78 is 0. The molecular formula is C13H24N2O. The van der Waals surface area contributed by atoms with Gasteiger partial charge in [0.15, 0.2) is 0 Å². The van der Waals surface area contributed by atoms with Crippen LogP contribution < -0.4 is 10.6 Å². The number of carbonyl (C=O) groups is 1. The smallest absolute Gasteiger partial charge is 0.227 e. The van der Waals surface area contributed by atoms with Gasteiger partial charge >= 0.3 is 0 Å². The summed E-state index contributed by atoms with van der Waals surface area (Å²) in [5.74, 6) is 0.919. The molecule has 2 aliphatic rings. The summed E-state index contributed by atoms with van der Waals surface area (Å²) in [5.41, 5.74) is -0.180. The number of nitrogens with one attached hydrogen (secondary N) is 2. The molecule has 0 spiro atoms. The third kappa shape index (κ3) is 2.40. The molecule has 1 aliphatic heterocycles. The largest absolute Gasteiger partial charge is 0.353 e. The Morgan fingerprint density at radius 1 is 1.38 bits per heavy atom. The van der Waals surface area contributed by atoms with Gasteiger partial charge in [-0.3, -0.25) is 4.79 Å². The fourth-order valence-electron chi connectivity index (χ4n) is 2.95. The van der Waals surface area contributed by atoms with Crippen LogP contribution in [0.1, 0.15) is 46.0 Å². The van der Waals surface area contributed by atoms with Crippen molar-refractivity contribution < 1.29 is 4.79 Å². The van der Waals surface area contributed by atoms with Gasteiger partial charge in [0.1, 0.15) is 0 Å². The summed E-state index contributed by atoms with van der Waals surface area (Å²) in [6.07, 6.45) is 5.83. The van der Waals surface area contributed by atoms with Gasteiger partial charge in [-0.25, -0.2) is 0 Å². The Balaban J connectivity index is 1.91. The average Bonchev–Trinajstić information content (AvgIpc) is 2.65. The van der Waals surface area contributed by atoms with E-state index in [1.165, 1.54) is 12.8 Å². The predicted octanol–water partition coefficient (Wildman–Crippen LogP) is 1.68. The molecule has 0 aromatic rings. The average molecular weight is 224 g/mol. The zero-order chi connectivity index (χ0) is 11.6. The van der Waals surface area contributed by atoms with Gasteiger partial charge in [-0.05, 0) is 45.1 Å². The Kier molecular flexibility index (Phi) is 3.53. The quantitative estimate of drug-likeness (QED) is 0.749. The fourth-order valence-corrected chi connectivity index (χ4v) is 2.95. The van der Waals surface area contributed by atoms with Crippen molar-refractivity contribution in [1.29, 1.82) is 0 Å². The number of piperidine rings is 1. The van der Waals surface area contributed by atoms with Gasteiger partial charge in [-0.15, -0.1) is 0 Å². The molecule has 2 N–H and O–H groups in total. The molecule has 3 atom stereocenters. The molecule has 16 heavy (non-hydrogen) atoms. The second-order valence-corrected chi connectivity index (χ2v) is 5.83. The van der Waals surface area contributed by atoms with E-state index in [0.29, 0.717) is 12.0 Å². The van der Waals surface area contributed by atoms with Crippen molar-refractivity contribution in [1.82, 2.24) is 10.6 Å². The first-order valence-electron chi connectivity index (χ1n) is 6.63. The number of hydrogen-bond acceptors (Lipinski definition) is 2. The Morgan fingerprint density at radius 2 is 2.19 bits per heavy atom. The molecule has 2 rings (SSSR count). The van der Waals surface area contributed by atoms with Gasteiger partial charge in [0.25, 0.3) is 0 Å². The van der Waals surface area contributed by atoms with Crippen LogP contribution in [0.4, 0.5) is 0 Å². The summed E-state index contributed by atoms with van der Waals surface area (Å²) in [5, 5.41) is 6.59. The second kappa shape index (κ2) is 4.74. The first-order chi connectivity index (χ1) is 7.62. The molecule has 0 aromatic carbocycles. The Labute approximate surface area is 98.4 Å². The van der Waals surface area contributed by atoms with Gasteiger partial charge in [0.05, 0.1) is 5.41 Å². The number of hydrogen-bond donors (Lipinski definition) is 2. The summed E-state index contributed by atoms with van der Waals surface area (Å²) in [6, 6.07) is 0.422. The third-order valence-corrected chi connectivity index (χ3v) is 4.32. The molecule has 0 bridgehead atoms. The molecule has 1 aliphatic carbocycles. The Bertz CT molecular complexity index is 259. The summed E-state index contributed by atoms with van der Waals surface area (Å²) >= 11 is 0. The van der Waals surface area contributed by atoms with E-state index in [1.807, 2.05) is 0 Å². The molecular weight excluding hydrogens is 200 g/mol. The predicted molar refractivity (Wildman–Crippen MR) is 65.2 cm³/mol. The lowest BCUT2D eigenvalue weighted by Crippen LogP contribution is -2.51. The van der Waals surface area contributed by atoms with Gasteiger partial charge in [0.2, 0.25) is 5.91 Å². The SMILES string of the molecule is CC1CCCC1NC(=O)C1(C)CCCNC1. The van der Waals surface area contributed by atoms with Gasteiger partial charge < -0.3 is 10.6 Å². The topological polar surface area (TPSA) is 41.1 Å². The van der Waals surface area contributed by atoms with Gasteiger partial charge in [-0.2, -0.15) is 0 Å². The molecule has 1 saturated carbocycles. The maximum absolute atomic E-state index is 12.3. The highest BCUT2D eigenvalue weighted by molar-refractivity contribution is 5.83.